The lowest BCUT2D eigenvalue weighted by molar-refractivity contribution is 0.145. The summed E-state index contributed by atoms with van der Waals surface area (Å²) in [5.74, 6) is 4.03. The zero-order valence-corrected chi connectivity index (χ0v) is 12.8. The highest BCUT2D eigenvalue weighted by Crippen LogP contribution is 2.45. The molecule has 4 heteroatoms. The molecule has 20 heavy (non-hydrogen) atoms. The highest BCUT2D eigenvalue weighted by atomic mass is 16.4. The van der Waals surface area contributed by atoms with Gasteiger partial charge in [-0.25, -0.2) is 0 Å². The van der Waals surface area contributed by atoms with Crippen molar-refractivity contribution in [3.63, 3.8) is 0 Å². The number of hydrogen-bond donors (Lipinski definition) is 1. The number of fused-ring (bicyclic) bond motifs is 1. The molecule has 4 atom stereocenters. The molecule has 4 unspecified atom stereocenters. The molecule has 4 nitrogen and oxygen atoms in total. The summed E-state index contributed by atoms with van der Waals surface area (Å²) in [6.45, 7) is 2.14. The van der Waals surface area contributed by atoms with Crippen LogP contribution in [-0.4, -0.2) is 17.2 Å². The predicted molar refractivity (Wildman–Crippen MR) is 78.4 cm³/mol. The van der Waals surface area contributed by atoms with E-state index in [9.17, 15) is 0 Å². The lowest BCUT2D eigenvalue weighted by atomic mass is 9.67. The van der Waals surface area contributed by atoms with Gasteiger partial charge in [0.15, 0.2) is 0 Å². The van der Waals surface area contributed by atoms with Gasteiger partial charge in [0, 0.05) is 5.92 Å². The van der Waals surface area contributed by atoms with E-state index in [2.05, 4.69) is 22.4 Å². The molecule has 0 aromatic carbocycles. The predicted octanol–water partition coefficient (Wildman–Crippen LogP) is 3.81. The summed E-state index contributed by atoms with van der Waals surface area (Å²) >= 11 is 0. The monoisotopic (exact) mass is 277 g/mol. The molecule has 0 amide bonds. The van der Waals surface area contributed by atoms with Crippen molar-refractivity contribution >= 4 is 0 Å². The van der Waals surface area contributed by atoms with Gasteiger partial charge >= 0.3 is 0 Å². The van der Waals surface area contributed by atoms with Crippen LogP contribution in [0.2, 0.25) is 0 Å². The zero-order valence-electron chi connectivity index (χ0n) is 12.8. The third kappa shape index (κ3) is 2.76. The van der Waals surface area contributed by atoms with Crippen molar-refractivity contribution in [2.24, 2.45) is 11.8 Å². The molecule has 112 valence electrons. The molecule has 1 N–H and O–H groups in total. The standard InChI is InChI=1S/C16H27N3O/c1-3-14(17-2)16-19-18-15(20-16)13-9-8-11-6-4-5-7-12(11)10-13/h11-14,17H,3-10H2,1-2H3. The topological polar surface area (TPSA) is 51.0 Å². The van der Waals surface area contributed by atoms with Crippen LogP contribution in [0.15, 0.2) is 4.42 Å². The van der Waals surface area contributed by atoms with E-state index in [-0.39, 0.29) is 6.04 Å². The largest absolute Gasteiger partial charge is 0.423 e. The molecule has 0 spiro atoms. The Morgan fingerprint density at radius 2 is 1.95 bits per heavy atom. The maximum absolute atomic E-state index is 5.96. The fourth-order valence-electron chi connectivity index (χ4n) is 4.15. The van der Waals surface area contributed by atoms with Crippen molar-refractivity contribution in [2.45, 2.75) is 70.3 Å². The van der Waals surface area contributed by atoms with Crippen molar-refractivity contribution in [3.05, 3.63) is 11.8 Å². The molecule has 2 fully saturated rings. The van der Waals surface area contributed by atoms with E-state index in [1.54, 1.807) is 0 Å². The van der Waals surface area contributed by atoms with Crippen LogP contribution in [0.25, 0.3) is 0 Å². The molecule has 0 aliphatic heterocycles. The minimum atomic E-state index is 0.197. The van der Waals surface area contributed by atoms with Gasteiger partial charge in [-0.05, 0) is 44.6 Å². The summed E-state index contributed by atoms with van der Waals surface area (Å²) in [6, 6.07) is 0.197. The normalized spacial score (nSPS) is 31.8. The van der Waals surface area contributed by atoms with Crippen LogP contribution >= 0.6 is 0 Å². The average Bonchev–Trinajstić information content (AvgIpc) is 2.98. The summed E-state index contributed by atoms with van der Waals surface area (Å²) in [4.78, 5) is 0. The van der Waals surface area contributed by atoms with Crippen LogP contribution in [0.5, 0.6) is 0 Å². The van der Waals surface area contributed by atoms with Gasteiger partial charge in [-0.1, -0.05) is 32.6 Å². The lowest BCUT2D eigenvalue weighted by Gasteiger charge is -2.38. The Morgan fingerprint density at radius 3 is 2.70 bits per heavy atom. The molecule has 1 heterocycles. The highest BCUT2D eigenvalue weighted by molar-refractivity contribution is 4.99. The Labute approximate surface area is 121 Å². The molecule has 0 bridgehead atoms. The third-order valence-electron chi connectivity index (χ3n) is 5.40. The van der Waals surface area contributed by atoms with Crippen molar-refractivity contribution < 1.29 is 4.42 Å². The molecule has 2 aliphatic carbocycles. The second kappa shape index (κ2) is 6.25. The quantitative estimate of drug-likeness (QED) is 0.909. The summed E-state index contributed by atoms with van der Waals surface area (Å²) < 4.78 is 5.96. The number of hydrogen-bond acceptors (Lipinski definition) is 4. The smallest absolute Gasteiger partial charge is 0.233 e. The van der Waals surface area contributed by atoms with Crippen LogP contribution in [0.4, 0.5) is 0 Å². The van der Waals surface area contributed by atoms with E-state index in [0.717, 1.165) is 30.0 Å². The van der Waals surface area contributed by atoms with E-state index in [0.29, 0.717) is 5.92 Å². The zero-order chi connectivity index (χ0) is 13.9. The Bertz CT molecular complexity index is 427. The van der Waals surface area contributed by atoms with Crippen molar-refractivity contribution in [1.29, 1.82) is 0 Å². The van der Waals surface area contributed by atoms with E-state index < -0.39 is 0 Å². The first-order chi connectivity index (χ1) is 9.81. The van der Waals surface area contributed by atoms with Crippen LogP contribution < -0.4 is 5.32 Å². The molecule has 1 aromatic rings. The molecule has 1 aromatic heterocycles. The molecule has 2 aliphatic rings. The van der Waals surface area contributed by atoms with E-state index in [1.165, 1.54) is 44.9 Å². The van der Waals surface area contributed by atoms with E-state index >= 15 is 0 Å². The summed E-state index contributed by atoms with van der Waals surface area (Å²) in [5, 5.41) is 11.8. The van der Waals surface area contributed by atoms with Gasteiger partial charge in [0.2, 0.25) is 11.8 Å². The SMILES string of the molecule is CCC(NC)c1nnc(C2CCC3CCCCC3C2)o1. The van der Waals surface area contributed by atoms with E-state index in [4.69, 9.17) is 4.42 Å². The molecule has 0 saturated heterocycles. The Morgan fingerprint density at radius 1 is 1.15 bits per heavy atom. The minimum absolute atomic E-state index is 0.197. The number of nitrogens with zero attached hydrogens (tertiary/aromatic N) is 2. The molecular formula is C16H27N3O. The fourth-order valence-corrected chi connectivity index (χ4v) is 4.15. The Kier molecular flexibility index (Phi) is 4.39. The summed E-state index contributed by atoms with van der Waals surface area (Å²) in [5.41, 5.74) is 0. The maximum Gasteiger partial charge on any atom is 0.233 e. The van der Waals surface area contributed by atoms with Crippen LogP contribution in [0, 0.1) is 11.8 Å². The Hall–Kier alpha value is -0.900. The minimum Gasteiger partial charge on any atom is -0.423 e. The van der Waals surface area contributed by atoms with Gasteiger partial charge in [-0.15, -0.1) is 10.2 Å². The van der Waals surface area contributed by atoms with Crippen LogP contribution in [-0.2, 0) is 0 Å². The first-order valence-electron chi connectivity index (χ1n) is 8.32. The van der Waals surface area contributed by atoms with E-state index in [1.807, 2.05) is 7.05 Å². The van der Waals surface area contributed by atoms with Gasteiger partial charge in [0.05, 0.1) is 6.04 Å². The maximum atomic E-state index is 5.96. The van der Waals surface area contributed by atoms with Crippen molar-refractivity contribution in [3.8, 4) is 0 Å². The first-order valence-corrected chi connectivity index (χ1v) is 8.32. The Balaban J connectivity index is 1.67. The second-order valence-electron chi connectivity index (χ2n) is 6.54. The second-order valence-corrected chi connectivity index (χ2v) is 6.54. The lowest BCUT2D eigenvalue weighted by Crippen LogP contribution is -2.27. The van der Waals surface area contributed by atoms with Crippen molar-refractivity contribution in [2.75, 3.05) is 7.05 Å². The van der Waals surface area contributed by atoms with Gasteiger partial charge in [0.25, 0.3) is 0 Å². The average molecular weight is 277 g/mol. The van der Waals surface area contributed by atoms with Crippen LogP contribution in [0.1, 0.15) is 82.0 Å². The van der Waals surface area contributed by atoms with Gasteiger partial charge in [-0.3, -0.25) is 0 Å². The summed E-state index contributed by atoms with van der Waals surface area (Å²) in [7, 11) is 1.95. The molecule has 0 radical (unpaired) electrons. The molecule has 3 rings (SSSR count). The van der Waals surface area contributed by atoms with Crippen molar-refractivity contribution in [1.82, 2.24) is 15.5 Å². The summed E-state index contributed by atoms with van der Waals surface area (Å²) in [6.07, 6.45) is 10.6. The number of rotatable bonds is 4. The van der Waals surface area contributed by atoms with Gasteiger partial charge in [0.1, 0.15) is 0 Å². The third-order valence-corrected chi connectivity index (χ3v) is 5.40. The van der Waals surface area contributed by atoms with Gasteiger partial charge < -0.3 is 9.73 Å². The van der Waals surface area contributed by atoms with Crippen LogP contribution in [0.3, 0.4) is 0 Å². The fraction of sp³-hybridized carbons (Fsp3) is 0.875. The number of aromatic nitrogens is 2. The molecular weight excluding hydrogens is 250 g/mol. The van der Waals surface area contributed by atoms with Gasteiger partial charge in [-0.2, -0.15) is 0 Å². The molecule has 2 saturated carbocycles. The first kappa shape index (κ1) is 14.1. The highest BCUT2D eigenvalue weighted by Gasteiger charge is 2.35. The number of nitrogens with one attached hydrogen (secondary N) is 1.